The number of fused-ring (bicyclic) bond motifs is 2. The average Bonchev–Trinajstić information content (AvgIpc) is 3.61. The summed E-state index contributed by atoms with van der Waals surface area (Å²) in [6.45, 7) is 11.3. The first-order valence-electron chi connectivity index (χ1n) is 12.9. The van der Waals surface area contributed by atoms with Crippen LogP contribution in [0.3, 0.4) is 0 Å². The standard InChI is InChI=1S/C27H34FN7O2/c1-5-32(6-2)20-9-10-33(16-20)24-8-7-21(25-22(24)17-35(31-25)11-12-37-4)27(36)30-19-13-23(28)26-29-18(3)14-34(26)15-19/h7-8,13-15,17,20H,5-6,9-12,16H2,1-4H3,(H,30,36). The van der Waals surface area contributed by atoms with Crippen molar-refractivity contribution < 1.29 is 13.9 Å². The van der Waals surface area contributed by atoms with Gasteiger partial charge < -0.3 is 19.4 Å². The number of nitrogens with zero attached hydrogens (tertiary/aromatic N) is 6. The molecule has 196 valence electrons. The Morgan fingerprint density at radius 3 is 2.81 bits per heavy atom. The molecule has 10 heteroatoms. The molecule has 0 spiro atoms. The smallest absolute Gasteiger partial charge is 0.257 e. The maximum absolute atomic E-state index is 14.6. The predicted molar refractivity (Wildman–Crippen MR) is 143 cm³/mol. The number of carbonyl (C=O) groups excluding carboxylic acids is 1. The molecular formula is C27H34FN7O2. The van der Waals surface area contributed by atoms with E-state index < -0.39 is 5.82 Å². The number of hydrogen-bond donors (Lipinski definition) is 1. The van der Waals surface area contributed by atoms with Gasteiger partial charge in [0.1, 0.15) is 5.52 Å². The third kappa shape index (κ3) is 4.91. The van der Waals surface area contributed by atoms with Crippen LogP contribution in [0.15, 0.2) is 36.8 Å². The third-order valence-corrected chi connectivity index (χ3v) is 7.19. The molecule has 3 aromatic heterocycles. The van der Waals surface area contributed by atoms with Crippen LogP contribution in [-0.4, -0.2) is 75.9 Å². The monoisotopic (exact) mass is 507 g/mol. The zero-order valence-corrected chi connectivity index (χ0v) is 21.9. The number of hydrogen-bond acceptors (Lipinski definition) is 6. The van der Waals surface area contributed by atoms with Gasteiger partial charge in [-0.15, -0.1) is 0 Å². The molecule has 1 aliphatic heterocycles. The Morgan fingerprint density at radius 1 is 1.24 bits per heavy atom. The second-order valence-electron chi connectivity index (χ2n) is 9.53. The van der Waals surface area contributed by atoms with Crippen LogP contribution in [0.2, 0.25) is 0 Å². The van der Waals surface area contributed by atoms with Crippen molar-refractivity contribution in [2.75, 3.05) is 50.1 Å². The Labute approximate surface area is 215 Å². The van der Waals surface area contributed by atoms with Crippen molar-refractivity contribution in [1.29, 1.82) is 0 Å². The van der Waals surface area contributed by atoms with E-state index in [2.05, 4.69) is 33.9 Å². The molecule has 0 saturated carbocycles. The van der Waals surface area contributed by atoms with Gasteiger partial charge in [0.15, 0.2) is 11.5 Å². The number of aryl methyl sites for hydroxylation is 1. The van der Waals surface area contributed by atoms with Crippen LogP contribution >= 0.6 is 0 Å². The topological polar surface area (TPSA) is 79.9 Å². The maximum Gasteiger partial charge on any atom is 0.257 e. The zero-order valence-electron chi connectivity index (χ0n) is 21.9. The van der Waals surface area contributed by atoms with Gasteiger partial charge in [-0.05, 0) is 38.6 Å². The fourth-order valence-corrected chi connectivity index (χ4v) is 5.34. The highest BCUT2D eigenvalue weighted by Crippen LogP contribution is 2.32. The van der Waals surface area contributed by atoms with Gasteiger partial charge in [-0.2, -0.15) is 5.10 Å². The van der Waals surface area contributed by atoms with E-state index >= 15 is 0 Å². The number of likely N-dealkylation sites (N-methyl/N-ethyl adjacent to an activating group) is 1. The highest BCUT2D eigenvalue weighted by molar-refractivity contribution is 6.13. The SMILES string of the molecule is CCN(CC)C1CCN(c2ccc(C(=O)Nc3cc(F)c4nc(C)cn4c3)c3nn(CCOC)cc23)C1. The van der Waals surface area contributed by atoms with Crippen LogP contribution < -0.4 is 10.2 Å². The molecule has 37 heavy (non-hydrogen) atoms. The lowest BCUT2D eigenvalue weighted by Crippen LogP contribution is -2.37. The van der Waals surface area contributed by atoms with Crippen molar-refractivity contribution in [3.8, 4) is 0 Å². The summed E-state index contributed by atoms with van der Waals surface area (Å²) in [5.74, 6) is -0.835. The summed E-state index contributed by atoms with van der Waals surface area (Å²) >= 11 is 0. The minimum absolute atomic E-state index is 0.229. The Bertz CT molecular complexity index is 1430. The lowest BCUT2D eigenvalue weighted by Gasteiger charge is -2.27. The third-order valence-electron chi connectivity index (χ3n) is 7.19. The van der Waals surface area contributed by atoms with E-state index in [9.17, 15) is 9.18 Å². The Morgan fingerprint density at radius 2 is 2.05 bits per heavy atom. The van der Waals surface area contributed by atoms with Crippen LogP contribution in [0.25, 0.3) is 16.6 Å². The lowest BCUT2D eigenvalue weighted by molar-refractivity contribution is 0.102. The van der Waals surface area contributed by atoms with E-state index in [4.69, 9.17) is 9.84 Å². The lowest BCUT2D eigenvalue weighted by atomic mass is 10.1. The molecule has 4 heterocycles. The van der Waals surface area contributed by atoms with Gasteiger partial charge in [0.2, 0.25) is 0 Å². The van der Waals surface area contributed by atoms with Crippen molar-refractivity contribution >= 4 is 33.8 Å². The molecule has 1 aliphatic rings. The number of ether oxygens (including phenoxy) is 1. The quantitative estimate of drug-likeness (QED) is 0.370. The number of imidazole rings is 1. The van der Waals surface area contributed by atoms with Crippen molar-refractivity contribution in [3.63, 3.8) is 0 Å². The van der Waals surface area contributed by atoms with Gasteiger partial charge in [0.25, 0.3) is 5.91 Å². The number of nitrogens with one attached hydrogen (secondary N) is 1. The Hall–Kier alpha value is -3.50. The molecule has 1 saturated heterocycles. The van der Waals surface area contributed by atoms with E-state index in [-0.39, 0.29) is 11.6 Å². The number of halogens is 1. The van der Waals surface area contributed by atoms with Gasteiger partial charge in [0, 0.05) is 62.0 Å². The Kier molecular flexibility index (Phi) is 7.12. The number of carbonyl (C=O) groups is 1. The van der Waals surface area contributed by atoms with Crippen LogP contribution in [0, 0.1) is 12.7 Å². The molecule has 5 rings (SSSR count). The van der Waals surface area contributed by atoms with Crippen molar-refractivity contribution in [2.45, 2.75) is 39.8 Å². The first-order chi connectivity index (χ1) is 17.9. The molecule has 1 N–H and O–H groups in total. The zero-order chi connectivity index (χ0) is 26.1. The summed E-state index contributed by atoms with van der Waals surface area (Å²) in [4.78, 5) is 22.5. The van der Waals surface area contributed by atoms with E-state index in [1.54, 1.807) is 30.8 Å². The minimum atomic E-state index is -0.493. The fraction of sp³-hybridized carbons (Fsp3) is 0.444. The molecular weight excluding hydrogens is 473 g/mol. The Balaban J connectivity index is 1.47. The number of methoxy groups -OCH3 is 1. The predicted octanol–water partition coefficient (Wildman–Crippen LogP) is 3.95. The number of benzene rings is 1. The molecule has 1 unspecified atom stereocenters. The van der Waals surface area contributed by atoms with Gasteiger partial charge in [-0.25, -0.2) is 9.37 Å². The molecule has 0 aliphatic carbocycles. The molecule has 1 fully saturated rings. The first-order valence-corrected chi connectivity index (χ1v) is 12.9. The van der Waals surface area contributed by atoms with Crippen LogP contribution in [0.5, 0.6) is 0 Å². The summed E-state index contributed by atoms with van der Waals surface area (Å²) in [6.07, 6.45) is 6.48. The fourth-order valence-electron chi connectivity index (χ4n) is 5.34. The molecule has 1 atom stereocenters. The van der Waals surface area contributed by atoms with Gasteiger partial charge in [0.05, 0.1) is 30.1 Å². The molecule has 0 bridgehead atoms. The largest absolute Gasteiger partial charge is 0.383 e. The number of rotatable bonds is 9. The number of pyridine rings is 1. The number of amides is 1. The van der Waals surface area contributed by atoms with Crippen LogP contribution in [-0.2, 0) is 11.3 Å². The van der Waals surface area contributed by atoms with Gasteiger partial charge in [-0.3, -0.25) is 14.4 Å². The second-order valence-corrected chi connectivity index (χ2v) is 9.53. The van der Waals surface area contributed by atoms with Gasteiger partial charge in [-0.1, -0.05) is 13.8 Å². The van der Waals surface area contributed by atoms with Crippen LogP contribution in [0.4, 0.5) is 15.8 Å². The molecule has 1 amide bonds. The van der Waals surface area contributed by atoms with Gasteiger partial charge >= 0.3 is 0 Å². The number of aromatic nitrogens is 4. The number of anilines is 2. The highest BCUT2D eigenvalue weighted by Gasteiger charge is 2.28. The summed E-state index contributed by atoms with van der Waals surface area (Å²) in [5.41, 5.74) is 3.42. The molecule has 0 radical (unpaired) electrons. The van der Waals surface area contributed by atoms with E-state index in [1.807, 2.05) is 23.0 Å². The van der Waals surface area contributed by atoms with Crippen molar-refractivity contribution in [1.82, 2.24) is 24.1 Å². The minimum Gasteiger partial charge on any atom is -0.383 e. The molecule has 4 aromatic rings. The van der Waals surface area contributed by atoms with Crippen LogP contribution in [0.1, 0.15) is 36.3 Å². The second kappa shape index (κ2) is 10.5. The van der Waals surface area contributed by atoms with E-state index in [0.29, 0.717) is 41.7 Å². The molecule has 1 aromatic carbocycles. The van der Waals surface area contributed by atoms with E-state index in [1.165, 1.54) is 6.07 Å². The summed E-state index contributed by atoms with van der Waals surface area (Å²) in [5, 5.41) is 8.53. The van der Waals surface area contributed by atoms with Crippen molar-refractivity contribution in [3.05, 3.63) is 53.9 Å². The summed E-state index contributed by atoms with van der Waals surface area (Å²) in [7, 11) is 1.66. The van der Waals surface area contributed by atoms with E-state index in [0.717, 1.165) is 43.7 Å². The van der Waals surface area contributed by atoms with Crippen molar-refractivity contribution in [2.24, 2.45) is 0 Å². The first kappa shape index (κ1) is 25.2. The molecule has 9 nitrogen and oxygen atoms in total. The summed E-state index contributed by atoms with van der Waals surface area (Å²) in [6, 6.07) is 5.63. The summed E-state index contributed by atoms with van der Waals surface area (Å²) < 4.78 is 23.2. The maximum atomic E-state index is 14.6. The highest BCUT2D eigenvalue weighted by atomic mass is 19.1. The average molecular weight is 508 g/mol. The normalized spacial score (nSPS) is 15.9.